The van der Waals surface area contributed by atoms with Crippen molar-refractivity contribution in [2.75, 3.05) is 14.2 Å². The van der Waals surface area contributed by atoms with Crippen LogP contribution in [0.3, 0.4) is 0 Å². The Balaban J connectivity index is 1.84. The number of rotatable bonds is 12. The summed E-state index contributed by atoms with van der Waals surface area (Å²) in [7, 11) is 3.54. The smallest absolute Gasteiger partial charge is 0.126 e. The lowest BCUT2D eigenvalue weighted by molar-refractivity contribution is 0.416. The number of hydrogen-bond acceptors (Lipinski definition) is 4. The number of allylic oxidation sites excluding steroid dienone is 4. The van der Waals surface area contributed by atoms with Crippen LogP contribution >= 0.6 is 0 Å². The van der Waals surface area contributed by atoms with Crippen molar-refractivity contribution in [1.82, 2.24) is 19.9 Å². The maximum absolute atomic E-state index is 6.10. The van der Waals surface area contributed by atoms with E-state index in [4.69, 9.17) is 19.4 Å². The van der Waals surface area contributed by atoms with Crippen molar-refractivity contribution >= 4 is 44.4 Å². The van der Waals surface area contributed by atoms with E-state index in [0.29, 0.717) is 0 Å². The molecule has 5 heterocycles. The van der Waals surface area contributed by atoms with Gasteiger partial charge in [0.25, 0.3) is 0 Å². The lowest BCUT2D eigenvalue weighted by Crippen LogP contribution is -1.95. The quantitative estimate of drug-likeness (QED) is 0.133. The molecule has 2 aliphatic heterocycles. The fraction of sp³-hybridized carbons (Fsp3) is 0.360. The molecule has 7 rings (SSSR count). The van der Waals surface area contributed by atoms with E-state index in [0.717, 1.165) is 130 Å². The van der Waals surface area contributed by atoms with Crippen LogP contribution in [0.2, 0.25) is 0 Å². The number of aryl methyl sites for hydroxylation is 4. The Morgan fingerprint density at radius 2 is 0.804 bits per heavy atom. The van der Waals surface area contributed by atoms with Crippen molar-refractivity contribution in [2.24, 2.45) is 0 Å². The molecule has 56 heavy (non-hydrogen) atoms. The van der Waals surface area contributed by atoms with E-state index in [1.54, 1.807) is 14.2 Å². The van der Waals surface area contributed by atoms with Crippen LogP contribution in [-0.2, 0) is 25.7 Å². The van der Waals surface area contributed by atoms with E-state index in [-0.39, 0.29) is 0 Å². The summed E-state index contributed by atoms with van der Waals surface area (Å²) in [5.74, 6) is 1.67. The Hall–Kier alpha value is -5.36. The second-order valence-corrected chi connectivity index (χ2v) is 14.6. The van der Waals surface area contributed by atoms with Crippen LogP contribution in [-0.4, -0.2) is 34.2 Å². The third-order valence-corrected chi connectivity index (χ3v) is 12.0. The summed E-state index contributed by atoms with van der Waals surface area (Å²) < 4.78 is 12.2. The Morgan fingerprint density at radius 1 is 0.446 bits per heavy atom. The molecule has 2 N–H and O–H groups in total. The van der Waals surface area contributed by atoms with Gasteiger partial charge < -0.3 is 19.4 Å². The highest BCUT2D eigenvalue weighted by Gasteiger charge is 2.28. The van der Waals surface area contributed by atoms with Crippen molar-refractivity contribution in [3.63, 3.8) is 0 Å². The number of H-pyrrole nitrogens is 2. The number of aromatic amines is 2. The van der Waals surface area contributed by atoms with Gasteiger partial charge in [-0.05, 0) is 120 Å². The normalized spacial score (nSPS) is 12.9. The first-order valence-corrected chi connectivity index (χ1v) is 20.9. The number of fused-ring (bicyclic) bond motifs is 8. The number of aromatic nitrogens is 4. The number of nitrogens with one attached hydrogen (secondary N) is 2. The maximum Gasteiger partial charge on any atom is 0.126 e. The summed E-state index contributed by atoms with van der Waals surface area (Å²) in [5.41, 5.74) is 23.2. The summed E-state index contributed by atoms with van der Waals surface area (Å²) >= 11 is 0. The third-order valence-electron chi connectivity index (χ3n) is 12.0. The molecular weight excluding hydrogens is 689 g/mol. The van der Waals surface area contributed by atoms with Crippen LogP contribution < -0.4 is 9.47 Å². The lowest BCUT2D eigenvalue weighted by atomic mass is 9.92. The summed E-state index contributed by atoms with van der Waals surface area (Å²) in [6.45, 7) is 18.1. The zero-order chi connectivity index (χ0) is 39.7. The summed E-state index contributed by atoms with van der Waals surface area (Å²) in [6.07, 6.45) is 7.00. The molecule has 0 saturated heterocycles. The zero-order valence-electron chi connectivity index (χ0n) is 35.1. The first kappa shape index (κ1) is 38.9. The number of nitrogens with zero attached hydrogens (tertiary/aromatic N) is 2. The Bertz CT molecular complexity index is 2370. The fourth-order valence-electron chi connectivity index (χ4n) is 9.51. The highest BCUT2D eigenvalue weighted by Crippen LogP contribution is 2.47. The molecule has 0 saturated carbocycles. The van der Waals surface area contributed by atoms with Gasteiger partial charge in [-0.2, -0.15) is 0 Å². The number of ether oxygens (including phenoxy) is 2. The molecule has 6 heteroatoms. The highest BCUT2D eigenvalue weighted by atomic mass is 16.5. The van der Waals surface area contributed by atoms with E-state index in [2.05, 4.69) is 114 Å². The topological polar surface area (TPSA) is 75.8 Å². The molecule has 2 aliphatic rings. The van der Waals surface area contributed by atoms with Crippen LogP contribution in [0.25, 0.3) is 66.6 Å². The van der Waals surface area contributed by atoms with E-state index >= 15 is 0 Å². The SMILES string of the molecule is CCC1=C(CC)c2nc1cc1[nH]c(c(CC)c1CC)c(-c1ccccc1OC)c1nc(cc3[nH]c(c(CC)c3CC)c2-c2ccccc2OC)C(CC)=C1CC. The van der Waals surface area contributed by atoms with Gasteiger partial charge in [0.15, 0.2) is 0 Å². The minimum absolute atomic E-state index is 0.836. The van der Waals surface area contributed by atoms with Crippen LogP contribution in [0.4, 0.5) is 0 Å². The van der Waals surface area contributed by atoms with Gasteiger partial charge in [-0.25, -0.2) is 9.97 Å². The van der Waals surface area contributed by atoms with Gasteiger partial charge in [0, 0.05) is 33.3 Å². The number of para-hydroxylation sites is 2. The molecule has 0 unspecified atom stereocenters. The number of benzene rings is 2. The van der Waals surface area contributed by atoms with E-state index in [1.807, 2.05) is 12.1 Å². The van der Waals surface area contributed by atoms with Crippen LogP contribution in [0.1, 0.15) is 126 Å². The molecule has 0 spiro atoms. The van der Waals surface area contributed by atoms with Crippen molar-refractivity contribution in [3.8, 4) is 33.8 Å². The van der Waals surface area contributed by atoms with E-state index in [9.17, 15) is 0 Å². The van der Waals surface area contributed by atoms with Crippen LogP contribution in [0.5, 0.6) is 11.5 Å². The van der Waals surface area contributed by atoms with Crippen molar-refractivity contribution in [1.29, 1.82) is 0 Å². The molecular formula is C50H58N4O2. The first-order valence-electron chi connectivity index (χ1n) is 20.9. The lowest BCUT2D eigenvalue weighted by Gasteiger charge is -2.13. The average Bonchev–Trinajstić information content (AvgIpc) is 3.97. The summed E-state index contributed by atoms with van der Waals surface area (Å²) in [5, 5.41) is 0. The number of hydrogen-bond donors (Lipinski definition) is 2. The van der Waals surface area contributed by atoms with Crippen LogP contribution in [0, 0.1) is 0 Å². The Labute approximate surface area is 333 Å². The van der Waals surface area contributed by atoms with Crippen molar-refractivity contribution in [2.45, 2.75) is 107 Å². The molecule has 290 valence electrons. The maximum atomic E-state index is 6.10. The molecule has 2 aromatic carbocycles. The van der Waals surface area contributed by atoms with Crippen LogP contribution in [0.15, 0.2) is 60.7 Å². The minimum Gasteiger partial charge on any atom is -0.496 e. The van der Waals surface area contributed by atoms with Gasteiger partial charge >= 0.3 is 0 Å². The molecule has 0 amide bonds. The van der Waals surface area contributed by atoms with Gasteiger partial charge in [-0.15, -0.1) is 0 Å². The largest absolute Gasteiger partial charge is 0.496 e. The van der Waals surface area contributed by atoms with Gasteiger partial charge in [0.1, 0.15) is 11.5 Å². The second kappa shape index (κ2) is 16.4. The molecule has 0 fully saturated rings. The van der Waals surface area contributed by atoms with Gasteiger partial charge in [-0.3, -0.25) is 0 Å². The van der Waals surface area contributed by atoms with E-state index < -0.39 is 0 Å². The van der Waals surface area contributed by atoms with Gasteiger partial charge in [0.05, 0.1) is 48.0 Å². The second-order valence-electron chi connectivity index (χ2n) is 14.6. The molecule has 0 atom stereocenters. The molecule has 8 bridgehead atoms. The summed E-state index contributed by atoms with van der Waals surface area (Å²) in [4.78, 5) is 19.4. The van der Waals surface area contributed by atoms with E-state index in [1.165, 1.54) is 44.5 Å². The van der Waals surface area contributed by atoms with Gasteiger partial charge in [-0.1, -0.05) is 91.8 Å². The van der Waals surface area contributed by atoms with Crippen molar-refractivity contribution < 1.29 is 9.47 Å². The van der Waals surface area contributed by atoms with Crippen molar-refractivity contribution in [3.05, 3.63) is 106 Å². The number of methoxy groups -OCH3 is 2. The Kier molecular flexibility index (Phi) is 11.4. The van der Waals surface area contributed by atoms with Gasteiger partial charge in [0.2, 0.25) is 0 Å². The predicted molar refractivity (Wildman–Crippen MR) is 237 cm³/mol. The molecule has 6 nitrogen and oxygen atoms in total. The molecule has 0 aliphatic carbocycles. The summed E-state index contributed by atoms with van der Waals surface area (Å²) in [6, 6.07) is 21.5. The molecule has 3 aromatic heterocycles. The Morgan fingerprint density at radius 3 is 1.12 bits per heavy atom. The first-order chi connectivity index (χ1) is 27.4. The average molecular weight is 747 g/mol. The predicted octanol–water partition coefficient (Wildman–Crippen LogP) is 13.4. The monoisotopic (exact) mass is 746 g/mol. The highest BCUT2D eigenvalue weighted by molar-refractivity contribution is 6.05. The molecule has 5 aromatic rings. The molecule has 0 radical (unpaired) electrons. The third kappa shape index (κ3) is 6.27. The minimum atomic E-state index is 0.836. The fourth-order valence-corrected chi connectivity index (χ4v) is 9.51. The zero-order valence-corrected chi connectivity index (χ0v) is 35.1. The standard InChI is InChI=1S/C50H58N4O2/c1-11-29-33(15-5)47-45(37-23-19-21-25-43(37)55-9)48-35(17-7)31(13-3)41(53-48)28-42-32(14-4)36(18-8)50(54-42)46(38-24-20-22-26-44(38)56-10)49-34(16-6)30(12-2)40(52-49)27-39(29)51-47/h19-28,51,54H,11-18H2,1-10H3.